The molecule has 0 radical (unpaired) electrons. The van der Waals surface area contributed by atoms with Crippen molar-refractivity contribution in [3.63, 3.8) is 0 Å². The van der Waals surface area contributed by atoms with E-state index in [4.69, 9.17) is 14.6 Å². The summed E-state index contributed by atoms with van der Waals surface area (Å²) in [6, 6.07) is 7.30. The molecule has 1 aromatic carbocycles. The molecule has 4 heteroatoms. The summed E-state index contributed by atoms with van der Waals surface area (Å²) in [7, 11) is 2.78. The lowest BCUT2D eigenvalue weighted by atomic mass is 10.0. The predicted octanol–water partition coefficient (Wildman–Crippen LogP) is 1.85. The lowest BCUT2D eigenvalue weighted by Crippen LogP contribution is -2.05. The molecule has 1 rings (SSSR count). The van der Waals surface area contributed by atoms with Crippen molar-refractivity contribution in [2.45, 2.75) is 0 Å². The van der Waals surface area contributed by atoms with Crippen LogP contribution in [-0.4, -0.2) is 31.9 Å². The number of hydrogen-bond acceptors (Lipinski definition) is 4. The topological polar surface area (TPSA) is 55.8 Å². The first-order chi connectivity index (χ1) is 8.74. The summed E-state index contributed by atoms with van der Waals surface area (Å²) >= 11 is 0. The van der Waals surface area contributed by atoms with Crippen LogP contribution in [0.1, 0.15) is 11.1 Å². The van der Waals surface area contributed by atoms with Gasteiger partial charge in [-0.1, -0.05) is 36.4 Å². The van der Waals surface area contributed by atoms with Crippen LogP contribution in [0, 0.1) is 0 Å². The number of carbonyl (C=O) groups excluding carboxylic acids is 1. The van der Waals surface area contributed by atoms with E-state index in [1.807, 2.05) is 18.2 Å². The Balaban J connectivity index is 3.24. The van der Waals surface area contributed by atoms with Crippen molar-refractivity contribution in [3.05, 3.63) is 47.7 Å². The maximum atomic E-state index is 11.7. The molecule has 0 unspecified atom stereocenters. The standard InChI is InChI=1S/C14H16O4/c1-17-10-13(14(16)18-2)12-8-4-3-6-11(12)7-5-9-15/h3-8,10,15H,9H2,1-2H3. The van der Waals surface area contributed by atoms with Crippen LogP contribution < -0.4 is 0 Å². The van der Waals surface area contributed by atoms with Crippen molar-refractivity contribution in [3.8, 4) is 0 Å². The molecule has 0 aliphatic rings. The maximum absolute atomic E-state index is 11.7. The van der Waals surface area contributed by atoms with E-state index in [1.54, 1.807) is 18.2 Å². The molecule has 0 bridgehead atoms. The Hall–Kier alpha value is -2.07. The Labute approximate surface area is 106 Å². The van der Waals surface area contributed by atoms with Gasteiger partial charge in [0.1, 0.15) is 5.57 Å². The molecule has 0 aliphatic heterocycles. The minimum atomic E-state index is -0.471. The molecule has 0 spiro atoms. The van der Waals surface area contributed by atoms with Crippen LogP contribution in [0.2, 0.25) is 0 Å². The van der Waals surface area contributed by atoms with Crippen LogP contribution in [0.25, 0.3) is 11.6 Å². The van der Waals surface area contributed by atoms with Gasteiger partial charge in [0.15, 0.2) is 0 Å². The fraction of sp³-hybridized carbons (Fsp3) is 0.214. The molecule has 0 saturated carbocycles. The number of benzene rings is 1. The highest BCUT2D eigenvalue weighted by Gasteiger charge is 2.15. The molecule has 18 heavy (non-hydrogen) atoms. The molecule has 0 fully saturated rings. The molecule has 0 aromatic heterocycles. The molecule has 0 atom stereocenters. The second-order valence-electron chi connectivity index (χ2n) is 3.43. The zero-order valence-corrected chi connectivity index (χ0v) is 10.4. The third-order valence-electron chi connectivity index (χ3n) is 2.29. The number of aliphatic hydroxyl groups is 1. The Morgan fingerprint density at radius 3 is 2.67 bits per heavy atom. The van der Waals surface area contributed by atoms with E-state index in [0.717, 1.165) is 5.56 Å². The van der Waals surface area contributed by atoms with Crippen molar-refractivity contribution in [1.29, 1.82) is 0 Å². The zero-order valence-electron chi connectivity index (χ0n) is 10.4. The first kappa shape index (κ1) is 14.0. The molecule has 1 aromatic rings. The molecule has 0 heterocycles. The molecule has 96 valence electrons. The van der Waals surface area contributed by atoms with Gasteiger partial charge in [-0.25, -0.2) is 4.79 Å². The minimum Gasteiger partial charge on any atom is -0.503 e. The summed E-state index contributed by atoms with van der Waals surface area (Å²) in [5.41, 5.74) is 1.83. The van der Waals surface area contributed by atoms with Gasteiger partial charge in [-0.15, -0.1) is 0 Å². The van der Waals surface area contributed by atoms with Crippen molar-refractivity contribution in [2.75, 3.05) is 20.8 Å². The highest BCUT2D eigenvalue weighted by Crippen LogP contribution is 2.21. The van der Waals surface area contributed by atoms with Crippen LogP contribution in [0.3, 0.4) is 0 Å². The second-order valence-corrected chi connectivity index (χ2v) is 3.43. The molecular weight excluding hydrogens is 232 g/mol. The van der Waals surface area contributed by atoms with Crippen LogP contribution in [-0.2, 0) is 14.3 Å². The van der Waals surface area contributed by atoms with E-state index in [0.29, 0.717) is 11.1 Å². The lowest BCUT2D eigenvalue weighted by molar-refractivity contribution is -0.133. The van der Waals surface area contributed by atoms with E-state index in [-0.39, 0.29) is 6.61 Å². The van der Waals surface area contributed by atoms with E-state index >= 15 is 0 Å². The average Bonchev–Trinajstić information content (AvgIpc) is 2.42. The number of aliphatic hydroxyl groups excluding tert-OH is 1. The van der Waals surface area contributed by atoms with Gasteiger partial charge in [0.05, 0.1) is 27.1 Å². The summed E-state index contributed by atoms with van der Waals surface area (Å²) in [5.74, 6) is -0.471. The van der Waals surface area contributed by atoms with Crippen LogP contribution in [0.5, 0.6) is 0 Å². The number of carbonyl (C=O) groups is 1. The third kappa shape index (κ3) is 3.46. The van der Waals surface area contributed by atoms with Crippen molar-refractivity contribution in [1.82, 2.24) is 0 Å². The summed E-state index contributed by atoms with van der Waals surface area (Å²) in [6.45, 7) is -0.0596. The van der Waals surface area contributed by atoms with Crippen LogP contribution >= 0.6 is 0 Å². The first-order valence-corrected chi connectivity index (χ1v) is 5.42. The second kappa shape index (κ2) is 7.29. The van der Waals surface area contributed by atoms with E-state index in [2.05, 4.69) is 0 Å². The number of rotatable bonds is 5. The van der Waals surface area contributed by atoms with Crippen molar-refractivity contribution >= 4 is 17.6 Å². The molecule has 1 N–H and O–H groups in total. The van der Waals surface area contributed by atoms with E-state index in [1.165, 1.54) is 20.5 Å². The molecule has 0 aliphatic carbocycles. The Morgan fingerprint density at radius 2 is 2.06 bits per heavy atom. The fourth-order valence-corrected chi connectivity index (χ4v) is 1.52. The quantitative estimate of drug-likeness (QED) is 0.491. The first-order valence-electron chi connectivity index (χ1n) is 5.42. The monoisotopic (exact) mass is 248 g/mol. The minimum absolute atomic E-state index is 0.0596. The highest BCUT2D eigenvalue weighted by molar-refractivity contribution is 6.17. The maximum Gasteiger partial charge on any atom is 0.341 e. The smallest absolute Gasteiger partial charge is 0.341 e. The van der Waals surface area contributed by atoms with Gasteiger partial charge in [-0.05, 0) is 11.1 Å². The largest absolute Gasteiger partial charge is 0.503 e. The van der Waals surface area contributed by atoms with Gasteiger partial charge in [0.2, 0.25) is 0 Å². The van der Waals surface area contributed by atoms with Gasteiger partial charge >= 0.3 is 5.97 Å². The van der Waals surface area contributed by atoms with Crippen LogP contribution in [0.4, 0.5) is 0 Å². The Bertz CT molecular complexity index is 461. The summed E-state index contributed by atoms with van der Waals surface area (Å²) in [5, 5.41) is 8.80. The SMILES string of the molecule is COC=C(C(=O)OC)c1ccccc1C=CCO. The average molecular weight is 248 g/mol. The highest BCUT2D eigenvalue weighted by atomic mass is 16.5. The van der Waals surface area contributed by atoms with Gasteiger partial charge in [0, 0.05) is 0 Å². The van der Waals surface area contributed by atoms with Crippen LogP contribution in [0.15, 0.2) is 36.6 Å². The van der Waals surface area contributed by atoms with Crippen molar-refractivity contribution in [2.24, 2.45) is 0 Å². The Morgan fingerprint density at radius 1 is 1.33 bits per heavy atom. The predicted molar refractivity (Wildman–Crippen MR) is 69.6 cm³/mol. The lowest BCUT2D eigenvalue weighted by Gasteiger charge is -2.08. The van der Waals surface area contributed by atoms with Gasteiger partial charge in [-0.2, -0.15) is 0 Å². The zero-order chi connectivity index (χ0) is 13.4. The molecule has 4 nitrogen and oxygen atoms in total. The molecule has 0 saturated heterocycles. The number of esters is 1. The fourth-order valence-electron chi connectivity index (χ4n) is 1.52. The molecular formula is C14H16O4. The van der Waals surface area contributed by atoms with E-state index < -0.39 is 5.97 Å². The molecule has 0 amide bonds. The third-order valence-corrected chi connectivity index (χ3v) is 2.29. The summed E-state index contributed by atoms with van der Waals surface area (Å²) in [4.78, 5) is 11.7. The number of hydrogen-bond donors (Lipinski definition) is 1. The summed E-state index contributed by atoms with van der Waals surface area (Å²) < 4.78 is 9.62. The number of methoxy groups -OCH3 is 2. The normalized spacial score (nSPS) is 11.6. The number of ether oxygens (including phenoxy) is 2. The summed E-state index contributed by atoms with van der Waals surface area (Å²) in [6.07, 6.45) is 4.68. The van der Waals surface area contributed by atoms with E-state index in [9.17, 15) is 4.79 Å². The van der Waals surface area contributed by atoms with Gasteiger partial charge in [0.25, 0.3) is 0 Å². The van der Waals surface area contributed by atoms with Gasteiger partial charge in [-0.3, -0.25) is 0 Å². The van der Waals surface area contributed by atoms with Gasteiger partial charge < -0.3 is 14.6 Å². The van der Waals surface area contributed by atoms with Crippen molar-refractivity contribution < 1.29 is 19.4 Å². The Kier molecular flexibility index (Phi) is 5.67.